The minimum Gasteiger partial charge on any atom is -0.465 e. The number of nitrogens with two attached hydrogens (primary N) is 1. The van der Waals surface area contributed by atoms with Crippen molar-refractivity contribution in [1.29, 1.82) is 0 Å². The van der Waals surface area contributed by atoms with Gasteiger partial charge in [-0.2, -0.15) is 0 Å². The Kier molecular flexibility index (Phi) is 6.38. The molecule has 4 heteroatoms. The maximum atomic E-state index is 11.9. The zero-order valence-electron chi connectivity index (χ0n) is 11.9. The van der Waals surface area contributed by atoms with Crippen LogP contribution in [-0.4, -0.2) is 23.9 Å². The van der Waals surface area contributed by atoms with Gasteiger partial charge in [0.25, 0.3) is 0 Å². The summed E-state index contributed by atoms with van der Waals surface area (Å²) in [5.41, 5.74) is 6.78. The van der Waals surface area contributed by atoms with E-state index in [9.17, 15) is 4.79 Å². The summed E-state index contributed by atoms with van der Waals surface area (Å²) in [5, 5.41) is 0. The van der Waals surface area contributed by atoms with Crippen molar-refractivity contribution in [2.24, 2.45) is 5.73 Å². The second kappa shape index (κ2) is 7.56. The second-order valence-electron chi connectivity index (χ2n) is 4.87. The summed E-state index contributed by atoms with van der Waals surface area (Å²) in [4.78, 5) is 13.0. The molecule has 0 bridgehead atoms. The van der Waals surface area contributed by atoms with E-state index in [-0.39, 0.29) is 5.97 Å². The van der Waals surface area contributed by atoms with Gasteiger partial charge in [-0.3, -0.25) is 4.79 Å². The van der Waals surface area contributed by atoms with Gasteiger partial charge in [0.2, 0.25) is 0 Å². The Morgan fingerprint density at radius 3 is 2.79 bits per heavy atom. The number of benzene rings is 1. The first-order valence-electron chi connectivity index (χ1n) is 6.65. The van der Waals surface area contributed by atoms with E-state index in [2.05, 4.69) is 12.1 Å². The Hall–Kier alpha value is -1.00. The molecule has 0 saturated carbocycles. The van der Waals surface area contributed by atoms with E-state index in [4.69, 9.17) is 10.5 Å². The van der Waals surface area contributed by atoms with Gasteiger partial charge >= 0.3 is 5.97 Å². The molecule has 0 aliphatic rings. The number of esters is 1. The molecule has 0 saturated heterocycles. The fraction of sp³-hybridized carbons (Fsp3) is 0.533. The summed E-state index contributed by atoms with van der Waals surface area (Å²) in [6.07, 6.45) is 1.96. The molecule has 0 aliphatic carbocycles. The van der Waals surface area contributed by atoms with E-state index in [0.717, 1.165) is 17.7 Å². The lowest BCUT2D eigenvalue weighted by atomic mass is 10.1. The first-order chi connectivity index (χ1) is 8.99. The molecule has 0 aromatic heterocycles. The van der Waals surface area contributed by atoms with Crippen LogP contribution in [0.25, 0.3) is 0 Å². The third-order valence-corrected chi connectivity index (χ3v) is 3.87. The molecular formula is C15H23NO2S. The molecule has 1 aromatic carbocycles. The molecule has 1 rings (SSSR count). The molecule has 3 nitrogen and oxygen atoms in total. The van der Waals surface area contributed by atoms with Crippen LogP contribution < -0.4 is 5.73 Å². The molecule has 2 N–H and O–H groups in total. The molecular weight excluding hydrogens is 258 g/mol. The number of carbonyl (C=O) groups excluding carboxylic acids is 1. The number of rotatable bonds is 7. The second-order valence-corrected chi connectivity index (χ2v) is 6.57. The summed E-state index contributed by atoms with van der Waals surface area (Å²) in [6, 6.07) is 8.27. The molecule has 19 heavy (non-hydrogen) atoms. The van der Waals surface area contributed by atoms with Crippen molar-refractivity contribution in [3.63, 3.8) is 0 Å². The maximum Gasteiger partial charge on any atom is 0.321 e. The van der Waals surface area contributed by atoms with Crippen LogP contribution in [0, 0.1) is 0 Å². The number of carbonyl (C=O) groups is 1. The third-order valence-electron chi connectivity index (χ3n) is 2.71. The third kappa shape index (κ3) is 5.25. The smallest absolute Gasteiger partial charge is 0.321 e. The Balaban J connectivity index is 2.72. The summed E-state index contributed by atoms with van der Waals surface area (Å²) in [6.45, 7) is 6.72. The van der Waals surface area contributed by atoms with Gasteiger partial charge in [0.15, 0.2) is 0 Å². The lowest BCUT2D eigenvalue weighted by molar-refractivity contribution is -0.145. The average molecular weight is 281 g/mol. The van der Waals surface area contributed by atoms with Crippen molar-refractivity contribution in [3.05, 3.63) is 29.8 Å². The molecule has 106 valence electrons. The number of aryl methyl sites for hydroxylation is 1. The van der Waals surface area contributed by atoms with Crippen molar-refractivity contribution in [2.75, 3.05) is 13.2 Å². The lowest BCUT2D eigenvalue weighted by Gasteiger charge is -2.21. The predicted octanol–water partition coefficient (Wildman–Crippen LogP) is 3.01. The summed E-state index contributed by atoms with van der Waals surface area (Å²) in [7, 11) is 0. The molecule has 0 amide bonds. The van der Waals surface area contributed by atoms with E-state index >= 15 is 0 Å². The first kappa shape index (κ1) is 16.1. The van der Waals surface area contributed by atoms with E-state index in [1.165, 1.54) is 17.3 Å². The Bertz CT molecular complexity index is 418. The summed E-state index contributed by atoms with van der Waals surface area (Å²) >= 11 is 1.54. The van der Waals surface area contributed by atoms with Crippen molar-refractivity contribution < 1.29 is 9.53 Å². The van der Waals surface area contributed by atoms with Crippen LogP contribution in [-0.2, 0) is 16.0 Å². The molecule has 0 spiro atoms. The van der Waals surface area contributed by atoms with Crippen LogP contribution >= 0.6 is 11.8 Å². The van der Waals surface area contributed by atoms with Crippen molar-refractivity contribution in [3.8, 4) is 0 Å². The Labute approximate surface area is 119 Å². The predicted molar refractivity (Wildman–Crippen MR) is 80.4 cm³/mol. The van der Waals surface area contributed by atoms with Gasteiger partial charge in [-0.15, -0.1) is 11.8 Å². The van der Waals surface area contributed by atoms with Gasteiger partial charge in [-0.05, 0) is 57.9 Å². The minimum atomic E-state index is -0.567. The van der Waals surface area contributed by atoms with Crippen LogP contribution in [0.2, 0.25) is 0 Å². The minimum absolute atomic E-state index is 0.174. The molecule has 0 heterocycles. The van der Waals surface area contributed by atoms with Gasteiger partial charge in [0.1, 0.15) is 4.75 Å². The van der Waals surface area contributed by atoms with Gasteiger partial charge in [0, 0.05) is 4.90 Å². The zero-order valence-corrected chi connectivity index (χ0v) is 12.8. The van der Waals surface area contributed by atoms with Crippen molar-refractivity contribution >= 4 is 17.7 Å². The topological polar surface area (TPSA) is 52.3 Å². The number of hydrogen-bond donors (Lipinski definition) is 1. The largest absolute Gasteiger partial charge is 0.465 e. The van der Waals surface area contributed by atoms with E-state index in [0.29, 0.717) is 13.2 Å². The van der Waals surface area contributed by atoms with Gasteiger partial charge in [-0.25, -0.2) is 0 Å². The van der Waals surface area contributed by atoms with E-state index in [1.807, 2.05) is 32.9 Å². The highest BCUT2D eigenvalue weighted by Gasteiger charge is 2.30. The highest BCUT2D eigenvalue weighted by molar-refractivity contribution is 8.01. The monoisotopic (exact) mass is 281 g/mol. The molecule has 0 aliphatic heterocycles. The van der Waals surface area contributed by atoms with Gasteiger partial charge in [0.05, 0.1) is 6.61 Å². The van der Waals surface area contributed by atoms with Crippen LogP contribution in [0.5, 0.6) is 0 Å². The van der Waals surface area contributed by atoms with Crippen LogP contribution in [0.1, 0.15) is 32.8 Å². The number of hydrogen-bond acceptors (Lipinski definition) is 4. The SMILES string of the molecule is CCOC(=O)C(C)(C)Sc1cccc(CCCN)c1. The fourth-order valence-electron chi connectivity index (χ4n) is 1.71. The van der Waals surface area contributed by atoms with Crippen molar-refractivity contribution in [1.82, 2.24) is 0 Å². The molecule has 0 radical (unpaired) electrons. The molecule has 0 fully saturated rings. The van der Waals surface area contributed by atoms with Gasteiger partial charge < -0.3 is 10.5 Å². The highest BCUT2D eigenvalue weighted by atomic mass is 32.2. The zero-order chi connectivity index (χ0) is 14.3. The molecule has 1 aromatic rings. The number of thioether (sulfide) groups is 1. The number of ether oxygens (including phenoxy) is 1. The molecule has 0 atom stereocenters. The van der Waals surface area contributed by atoms with Crippen molar-refractivity contribution in [2.45, 2.75) is 43.3 Å². The summed E-state index contributed by atoms with van der Waals surface area (Å²) in [5.74, 6) is -0.174. The van der Waals surface area contributed by atoms with E-state index in [1.54, 1.807) is 0 Å². The summed E-state index contributed by atoms with van der Waals surface area (Å²) < 4.78 is 4.53. The average Bonchev–Trinajstić information content (AvgIpc) is 2.36. The first-order valence-corrected chi connectivity index (χ1v) is 7.46. The Morgan fingerprint density at radius 1 is 1.42 bits per heavy atom. The molecule has 0 unspecified atom stereocenters. The van der Waals surface area contributed by atoms with Crippen LogP contribution in [0.3, 0.4) is 0 Å². The van der Waals surface area contributed by atoms with Crippen LogP contribution in [0.15, 0.2) is 29.2 Å². The Morgan fingerprint density at radius 2 is 2.16 bits per heavy atom. The highest BCUT2D eigenvalue weighted by Crippen LogP contribution is 2.34. The standard InChI is InChI=1S/C15H23NO2S/c1-4-18-14(17)15(2,3)19-13-9-5-7-12(11-13)8-6-10-16/h5,7,9,11H,4,6,8,10,16H2,1-3H3. The maximum absolute atomic E-state index is 11.9. The fourth-order valence-corrected chi connectivity index (χ4v) is 2.80. The lowest BCUT2D eigenvalue weighted by Crippen LogP contribution is -2.29. The van der Waals surface area contributed by atoms with E-state index < -0.39 is 4.75 Å². The quantitative estimate of drug-likeness (QED) is 0.616. The van der Waals surface area contributed by atoms with Crippen LogP contribution in [0.4, 0.5) is 0 Å². The van der Waals surface area contributed by atoms with Gasteiger partial charge in [-0.1, -0.05) is 12.1 Å². The normalized spacial score (nSPS) is 11.4.